The van der Waals surface area contributed by atoms with Crippen molar-refractivity contribution >= 4 is 21.9 Å². The third-order valence-electron chi connectivity index (χ3n) is 6.35. The molecule has 1 aliphatic heterocycles. The topological polar surface area (TPSA) is 122 Å². The number of rotatable bonds is 10. The molecule has 0 aromatic heterocycles. The van der Waals surface area contributed by atoms with Crippen molar-refractivity contribution in [3.8, 4) is 22.6 Å². The molecule has 4 rings (SSSR count). The Kier molecular flexibility index (Phi) is 7.80. The van der Waals surface area contributed by atoms with E-state index >= 15 is 0 Å². The lowest BCUT2D eigenvalue weighted by atomic mass is 9.98. The average molecular weight is 525 g/mol. The molecule has 0 unspecified atom stereocenters. The highest BCUT2D eigenvalue weighted by Gasteiger charge is 2.43. The number of nitrogens with zero attached hydrogens (tertiary/aromatic N) is 1. The number of carbonyl (C=O) groups is 2. The van der Waals surface area contributed by atoms with E-state index in [1.807, 2.05) is 30.3 Å². The summed E-state index contributed by atoms with van der Waals surface area (Å²) in [7, 11) is -0.708. The lowest BCUT2D eigenvalue weighted by molar-refractivity contribution is -0.143. The minimum atomic E-state index is -3.85. The summed E-state index contributed by atoms with van der Waals surface area (Å²) in [5.41, 5.74) is 2.28. The van der Waals surface area contributed by atoms with E-state index in [1.54, 1.807) is 44.6 Å². The second-order valence-electron chi connectivity index (χ2n) is 8.57. The molecule has 0 spiro atoms. The SMILES string of the molecule is COc1cccc(OC)c1-c1ccc(C[C@H](NC(=O)[C@@H]2CCN2S(=O)(=O)c2ccccc2)C(=O)O)cc1. The Morgan fingerprint density at radius 2 is 1.59 bits per heavy atom. The second kappa shape index (κ2) is 11.0. The van der Waals surface area contributed by atoms with Crippen LogP contribution in [-0.2, 0) is 26.0 Å². The maximum atomic E-state index is 12.9. The van der Waals surface area contributed by atoms with Crippen LogP contribution in [0.3, 0.4) is 0 Å². The van der Waals surface area contributed by atoms with Crippen molar-refractivity contribution in [2.24, 2.45) is 0 Å². The van der Waals surface area contributed by atoms with Crippen LogP contribution in [0.1, 0.15) is 12.0 Å². The summed E-state index contributed by atoms with van der Waals surface area (Å²) in [5, 5.41) is 12.3. The monoisotopic (exact) mass is 524 g/mol. The molecule has 194 valence electrons. The normalized spacial score (nSPS) is 16.3. The van der Waals surface area contributed by atoms with Gasteiger partial charge < -0.3 is 19.9 Å². The predicted octanol–water partition coefficient (Wildman–Crippen LogP) is 2.95. The van der Waals surface area contributed by atoms with Gasteiger partial charge in [0.15, 0.2) is 0 Å². The van der Waals surface area contributed by atoms with Gasteiger partial charge >= 0.3 is 5.97 Å². The van der Waals surface area contributed by atoms with E-state index in [2.05, 4.69) is 5.32 Å². The number of carbonyl (C=O) groups excluding carboxylic acids is 1. The fraction of sp³-hybridized carbons (Fsp3) is 0.259. The van der Waals surface area contributed by atoms with Crippen LogP contribution < -0.4 is 14.8 Å². The summed E-state index contributed by atoms with van der Waals surface area (Å²) < 4.78 is 37.8. The van der Waals surface area contributed by atoms with Crippen molar-refractivity contribution < 1.29 is 32.6 Å². The first kappa shape index (κ1) is 26.2. The fourth-order valence-corrected chi connectivity index (χ4v) is 5.94. The highest BCUT2D eigenvalue weighted by atomic mass is 32.2. The molecule has 1 heterocycles. The lowest BCUT2D eigenvalue weighted by Crippen LogP contribution is -2.60. The van der Waals surface area contributed by atoms with Crippen molar-refractivity contribution in [2.45, 2.75) is 29.8 Å². The number of hydrogen-bond donors (Lipinski definition) is 2. The van der Waals surface area contributed by atoms with E-state index in [1.165, 1.54) is 12.1 Å². The Balaban J connectivity index is 1.47. The van der Waals surface area contributed by atoms with Crippen LogP contribution in [0.15, 0.2) is 77.7 Å². The molecule has 0 saturated carbocycles. The van der Waals surface area contributed by atoms with E-state index in [4.69, 9.17) is 9.47 Å². The molecule has 1 aliphatic rings. The summed E-state index contributed by atoms with van der Waals surface area (Å²) in [5.74, 6) is -0.564. The number of amides is 1. The van der Waals surface area contributed by atoms with Gasteiger partial charge in [-0.2, -0.15) is 4.31 Å². The first-order chi connectivity index (χ1) is 17.8. The van der Waals surface area contributed by atoms with Gasteiger partial charge in [0, 0.05) is 13.0 Å². The maximum absolute atomic E-state index is 12.9. The van der Waals surface area contributed by atoms with Crippen LogP contribution in [-0.4, -0.2) is 62.6 Å². The number of ether oxygens (including phenoxy) is 2. The van der Waals surface area contributed by atoms with E-state index < -0.39 is 34.0 Å². The number of carboxylic acids is 1. The van der Waals surface area contributed by atoms with Crippen molar-refractivity contribution in [1.82, 2.24) is 9.62 Å². The number of carboxylic acid groups (broad SMARTS) is 1. The molecular formula is C27H28N2O7S. The summed E-state index contributed by atoms with van der Waals surface area (Å²) in [6.45, 7) is 0.195. The van der Waals surface area contributed by atoms with Gasteiger partial charge in [0.2, 0.25) is 15.9 Å². The largest absolute Gasteiger partial charge is 0.496 e. The van der Waals surface area contributed by atoms with Crippen LogP contribution in [0.4, 0.5) is 0 Å². The quantitative estimate of drug-likeness (QED) is 0.418. The van der Waals surface area contributed by atoms with Gasteiger partial charge in [-0.15, -0.1) is 0 Å². The number of nitrogens with one attached hydrogen (secondary N) is 1. The van der Waals surface area contributed by atoms with Crippen LogP contribution in [0.5, 0.6) is 11.5 Å². The number of benzene rings is 3. The van der Waals surface area contributed by atoms with Gasteiger partial charge in [0.25, 0.3) is 0 Å². The number of sulfonamides is 1. The van der Waals surface area contributed by atoms with Gasteiger partial charge in [0.1, 0.15) is 23.6 Å². The third kappa shape index (κ3) is 5.45. The van der Waals surface area contributed by atoms with Crippen LogP contribution in [0, 0.1) is 0 Å². The summed E-state index contributed by atoms with van der Waals surface area (Å²) in [6.07, 6.45) is 0.349. The van der Waals surface area contributed by atoms with Gasteiger partial charge in [-0.1, -0.05) is 48.5 Å². The van der Waals surface area contributed by atoms with Gasteiger partial charge in [-0.25, -0.2) is 13.2 Å². The van der Waals surface area contributed by atoms with Gasteiger partial charge in [0.05, 0.1) is 24.7 Å². The Labute approximate surface area is 215 Å². The minimum absolute atomic E-state index is 0.0303. The molecule has 0 bridgehead atoms. The average Bonchev–Trinajstić information content (AvgIpc) is 2.87. The highest BCUT2D eigenvalue weighted by molar-refractivity contribution is 7.89. The minimum Gasteiger partial charge on any atom is -0.496 e. The first-order valence-electron chi connectivity index (χ1n) is 11.7. The zero-order valence-electron chi connectivity index (χ0n) is 20.5. The standard InChI is InChI=1S/C27H28N2O7S/c1-35-23-9-6-10-24(36-2)25(23)19-13-11-18(12-14-19)17-21(27(31)32)28-26(30)22-15-16-29(22)37(33,34)20-7-4-3-5-8-20/h3-14,21-22H,15-17H2,1-2H3,(H,28,30)(H,31,32)/t21-,22-/m0/s1. The van der Waals surface area contributed by atoms with Gasteiger partial charge in [-0.3, -0.25) is 4.79 Å². The zero-order valence-corrected chi connectivity index (χ0v) is 21.3. The summed E-state index contributed by atoms with van der Waals surface area (Å²) in [4.78, 5) is 24.9. The maximum Gasteiger partial charge on any atom is 0.326 e. The molecule has 1 saturated heterocycles. The second-order valence-corrected chi connectivity index (χ2v) is 10.5. The molecule has 0 radical (unpaired) electrons. The molecule has 0 aliphatic carbocycles. The first-order valence-corrected chi connectivity index (χ1v) is 13.1. The Morgan fingerprint density at radius 3 is 2.11 bits per heavy atom. The lowest BCUT2D eigenvalue weighted by Gasteiger charge is -2.38. The molecule has 2 N–H and O–H groups in total. The summed E-state index contributed by atoms with van der Waals surface area (Å²) in [6, 6.07) is 18.4. The third-order valence-corrected chi connectivity index (χ3v) is 8.27. The van der Waals surface area contributed by atoms with Gasteiger partial charge in [-0.05, 0) is 41.8 Å². The molecule has 9 nitrogen and oxygen atoms in total. The molecule has 2 atom stereocenters. The Hall–Kier alpha value is -3.89. The molecular weight excluding hydrogens is 496 g/mol. The van der Waals surface area contributed by atoms with Crippen LogP contribution in [0.2, 0.25) is 0 Å². The molecule has 10 heteroatoms. The molecule has 1 fully saturated rings. The predicted molar refractivity (Wildman–Crippen MR) is 137 cm³/mol. The molecule has 37 heavy (non-hydrogen) atoms. The van der Waals surface area contributed by atoms with Crippen molar-refractivity contribution in [3.05, 3.63) is 78.4 Å². The molecule has 3 aromatic carbocycles. The smallest absolute Gasteiger partial charge is 0.326 e. The number of hydrogen-bond acceptors (Lipinski definition) is 6. The highest BCUT2D eigenvalue weighted by Crippen LogP contribution is 2.38. The van der Waals surface area contributed by atoms with E-state index in [-0.39, 0.29) is 17.9 Å². The zero-order chi connectivity index (χ0) is 26.6. The van der Waals surface area contributed by atoms with Crippen molar-refractivity contribution in [2.75, 3.05) is 20.8 Å². The Bertz CT molecular complexity index is 1350. The van der Waals surface area contributed by atoms with E-state index in [9.17, 15) is 23.1 Å². The summed E-state index contributed by atoms with van der Waals surface area (Å²) >= 11 is 0. The number of aliphatic carboxylic acids is 1. The van der Waals surface area contributed by atoms with E-state index in [0.717, 1.165) is 15.4 Å². The van der Waals surface area contributed by atoms with Crippen LogP contribution >= 0.6 is 0 Å². The fourth-order valence-electron chi connectivity index (χ4n) is 4.29. The number of methoxy groups -OCH3 is 2. The van der Waals surface area contributed by atoms with Crippen molar-refractivity contribution in [3.63, 3.8) is 0 Å². The Morgan fingerprint density at radius 1 is 0.973 bits per heavy atom. The van der Waals surface area contributed by atoms with E-state index in [0.29, 0.717) is 23.5 Å². The molecule has 3 aromatic rings. The molecule has 1 amide bonds. The van der Waals surface area contributed by atoms with Crippen LogP contribution in [0.25, 0.3) is 11.1 Å². The van der Waals surface area contributed by atoms with Crippen molar-refractivity contribution in [1.29, 1.82) is 0 Å².